The highest BCUT2D eigenvalue weighted by molar-refractivity contribution is 5.49. The Hall–Kier alpha value is -1.79. The van der Waals surface area contributed by atoms with Crippen molar-refractivity contribution in [3.05, 3.63) is 43.0 Å². The Bertz CT molecular complexity index is 370. The first-order chi connectivity index (χ1) is 8.33. The van der Waals surface area contributed by atoms with Crippen molar-refractivity contribution in [3.8, 4) is 6.07 Å². The number of hydrogen-bond donors (Lipinski definition) is 0. The first-order valence-corrected chi connectivity index (χ1v) is 5.64. The summed E-state index contributed by atoms with van der Waals surface area (Å²) in [6, 6.07) is 12.0. The molecule has 1 aromatic carbocycles. The predicted octanol–water partition coefficient (Wildman–Crippen LogP) is 2.61. The van der Waals surface area contributed by atoms with Crippen molar-refractivity contribution in [3.63, 3.8) is 0 Å². The highest BCUT2D eigenvalue weighted by Gasteiger charge is 2.16. The van der Waals surface area contributed by atoms with Crippen molar-refractivity contribution in [1.82, 2.24) is 0 Å². The maximum Gasteiger partial charge on any atom is 0.119 e. The van der Waals surface area contributed by atoms with E-state index in [-0.39, 0.29) is 6.04 Å². The lowest BCUT2D eigenvalue weighted by Crippen LogP contribution is -2.35. The second-order valence-electron chi connectivity index (χ2n) is 3.70. The summed E-state index contributed by atoms with van der Waals surface area (Å²) in [4.78, 5) is 2.03. The summed E-state index contributed by atoms with van der Waals surface area (Å²) in [6.07, 6.45) is 2.50. The van der Waals surface area contributed by atoms with Crippen LogP contribution in [0.25, 0.3) is 0 Å². The second-order valence-corrected chi connectivity index (χ2v) is 3.70. The van der Waals surface area contributed by atoms with Gasteiger partial charge in [0.05, 0.1) is 6.07 Å². The van der Waals surface area contributed by atoms with E-state index in [1.807, 2.05) is 41.3 Å². The van der Waals surface area contributed by atoms with E-state index in [0.29, 0.717) is 19.6 Å². The van der Waals surface area contributed by atoms with Gasteiger partial charge >= 0.3 is 0 Å². The van der Waals surface area contributed by atoms with Crippen LogP contribution in [-0.4, -0.2) is 26.3 Å². The summed E-state index contributed by atoms with van der Waals surface area (Å²) in [6.45, 7) is 4.98. The minimum Gasteiger partial charge on any atom is -0.385 e. The summed E-state index contributed by atoms with van der Waals surface area (Å²) >= 11 is 0. The van der Waals surface area contributed by atoms with Gasteiger partial charge in [-0.3, -0.25) is 0 Å². The second kappa shape index (κ2) is 7.48. The van der Waals surface area contributed by atoms with Crippen molar-refractivity contribution in [2.75, 3.05) is 25.2 Å². The average Bonchev–Trinajstić information content (AvgIpc) is 2.39. The third-order valence-corrected chi connectivity index (χ3v) is 2.53. The lowest BCUT2D eigenvalue weighted by Gasteiger charge is -2.28. The fourth-order valence-corrected chi connectivity index (χ4v) is 1.69. The van der Waals surface area contributed by atoms with Crippen LogP contribution in [0.1, 0.15) is 6.42 Å². The molecule has 0 fully saturated rings. The zero-order valence-corrected chi connectivity index (χ0v) is 10.2. The largest absolute Gasteiger partial charge is 0.385 e. The molecule has 0 aliphatic rings. The summed E-state index contributed by atoms with van der Waals surface area (Å²) in [5.74, 6) is 0. The number of ether oxygens (including phenoxy) is 1. The van der Waals surface area contributed by atoms with Crippen LogP contribution in [0.4, 0.5) is 5.69 Å². The van der Waals surface area contributed by atoms with Gasteiger partial charge in [-0.25, -0.2) is 0 Å². The molecule has 0 heterocycles. The quantitative estimate of drug-likeness (QED) is 0.675. The van der Waals surface area contributed by atoms with Crippen molar-refractivity contribution >= 4 is 5.69 Å². The minimum atomic E-state index is -0.185. The Kier molecular flexibility index (Phi) is 5.84. The molecule has 3 heteroatoms. The molecule has 0 bridgehead atoms. The Morgan fingerprint density at radius 2 is 2.18 bits per heavy atom. The van der Waals surface area contributed by atoms with E-state index in [4.69, 9.17) is 4.74 Å². The summed E-state index contributed by atoms with van der Waals surface area (Å²) in [5.41, 5.74) is 1.04. The predicted molar refractivity (Wildman–Crippen MR) is 69.9 cm³/mol. The molecule has 90 valence electrons. The van der Waals surface area contributed by atoms with Crippen LogP contribution in [-0.2, 0) is 4.74 Å². The van der Waals surface area contributed by atoms with E-state index in [9.17, 15) is 5.26 Å². The third kappa shape index (κ3) is 3.93. The number of para-hydroxylation sites is 1. The summed E-state index contributed by atoms with van der Waals surface area (Å²) < 4.78 is 5.03. The maximum atomic E-state index is 9.23. The summed E-state index contributed by atoms with van der Waals surface area (Å²) in [7, 11) is 1.65. The van der Waals surface area contributed by atoms with Crippen LogP contribution < -0.4 is 4.90 Å². The van der Waals surface area contributed by atoms with E-state index in [1.54, 1.807) is 7.11 Å². The zero-order chi connectivity index (χ0) is 12.5. The normalized spacial score (nSPS) is 11.5. The molecule has 1 rings (SSSR count). The SMILES string of the molecule is C=CCN(c1ccccc1)C(C#N)CCOC. The van der Waals surface area contributed by atoms with Crippen LogP contribution in [0.3, 0.4) is 0 Å². The van der Waals surface area contributed by atoms with Gasteiger partial charge in [0, 0.05) is 32.4 Å². The van der Waals surface area contributed by atoms with Gasteiger partial charge in [0.25, 0.3) is 0 Å². The van der Waals surface area contributed by atoms with Crippen LogP contribution in [0, 0.1) is 11.3 Å². The lowest BCUT2D eigenvalue weighted by atomic mass is 10.1. The Labute approximate surface area is 103 Å². The molecule has 0 amide bonds. The van der Waals surface area contributed by atoms with Crippen LogP contribution in [0.2, 0.25) is 0 Å². The summed E-state index contributed by atoms with van der Waals surface area (Å²) in [5, 5.41) is 9.23. The average molecular weight is 230 g/mol. The van der Waals surface area contributed by atoms with E-state index in [2.05, 4.69) is 12.6 Å². The minimum absolute atomic E-state index is 0.185. The highest BCUT2D eigenvalue weighted by atomic mass is 16.5. The van der Waals surface area contributed by atoms with Crippen molar-refractivity contribution < 1.29 is 4.74 Å². The monoisotopic (exact) mass is 230 g/mol. The zero-order valence-electron chi connectivity index (χ0n) is 10.2. The molecule has 0 aliphatic carbocycles. The number of hydrogen-bond acceptors (Lipinski definition) is 3. The Morgan fingerprint density at radius 1 is 1.47 bits per heavy atom. The molecular formula is C14H18N2O. The van der Waals surface area contributed by atoms with Crippen molar-refractivity contribution in [2.45, 2.75) is 12.5 Å². The molecule has 0 radical (unpaired) electrons. The number of nitrogens with zero attached hydrogens (tertiary/aromatic N) is 2. The lowest BCUT2D eigenvalue weighted by molar-refractivity contribution is 0.191. The van der Waals surface area contributed by atoms with Crippen molar-refractivity contribution in [2.24, 2.45) is 0 Å². The van der Waals surface area contributed by atoms with Crippen LogP contribution in [0.15, 0.2) is 43.0 Å². The molecule has 17 heavy (non-hydrogen) atoms. The van der Waals surface area contributed by atoms with E-state index < -0.39 is 0 Å². The van der Waals surface area contributed by atoms with Gasteiger partial charge in [-0.15, -0.1) is 6.58 Å². The molecule has 0 aromatic heterocycles. The Morgan fingerprint density at radius 3 is 2.71 bits per heavy atom. The van der Waals surface area contributed by atoms with Gasteiger partial charge in [0.1, 0.15) is 6.04 Å². The molecule has 3 nitrogen and oxygen atoms in total. The number of rotatable bonds is 7. The molecule has 0 saturated heterocycles. The molecule has 0 aliphatic heterocycles. The standard InChI is InChI=1S/C14H18N2O/c1-3-10-16(13-7-5-4-6-8-13)14(12-15)9-11-17-2/h3-8,14H,1,9-11H2,2H3. The molecule has 0 N–H and O–H groups in total. The molecule has 1 unspecified atom stereocenters. The molecule has 1 atom stereocenters. The van der Waals surface area contributed by atoms with Gasteiger partial charge in [0.15, 0.2) is 0 Å². The maximum absolute atomic E-state index is 9.23. The topological polar surface area (TPSA) is 36.3 Å². The fourth-order valence-electron chi connectivity index (χ4n) is 1.69. The Balaban J connectivity index is 2.83. The van der Waals surface area contributed by atoms with Gasteiger partial charge in [-0.2, -0.15) is 5.26 Å². The van der Waals surface area contributed by atoms with Gasteiger partial charge in [0.2, 0.25) is 0 Å². The van der Waals surface area contributed by atoms with E-state index in [1.165, 1.54) is 0 Å². The third-order valence-electron chi connectivity index (χ3n) is 2.53. The van der Waals surface area contributed by atoms with E-state index in [0.717, 1.165) is 5.69 Å². The van der Waals surface area contributed by atoms with Crippen LogP contribution in [0.5, 0.6) is 0 Å². The highest BCUT2D eigenvalue weighted by Crippen LogP contribution is 2.17. The van der Waals surface area contributed by atoms with Crippen molar-refractivity contribution in [1.29, 1.82) is 5.26 Å². The first-order valence-electron chi connectivity index (χ1n) is 5.64. The fraction of sp³-hybridized carbons (Fsp3) is 0.357. The molecular weight excluding hydrogens is 212 g/mol. The van der Waals surface area contributed by atoms with Gasteiger partial charge in [-0.1, -0.05) is 24.3 Å². The first kappa shape index (κ1) is 13.3. The number of nitriles is 1. The number of anilines is 1. The van der Waals surface area contributed by atoms with E-state index >= 15 is 0 Å². The number of benzene rings is 1. The van der Waals surface area contributed by atoms with Gasteiger partial charge < -0.3 is 9.64 Å². The smallest absolute Gasteiger partial charge is 0.119 e. The molecule has 0 saturated carbocycles. The molecule has 1 aromatic rings. The van der Waals surface area contributed by atoms with Crippen LogP contribution >= 0.6 is 0 Å². The van der Waals surface area contributed by atoms with Gasteiger partial charge in [-0.05, 0) is 12.1 Å². The number of methoxy groups -OCH3 is 1. The molecule has 0 spiro atoms.